The molecule has 3 heteroatoms. The van der Waals surface area contributed by atoms with Gasteiger partial charge in [-0.3, -0.25) is 4.79 Å². The summed E-state index contributed by atoms with van der Waals surface area (Å²) < 4.78 is 6.50. The summed E-state index contributed by atoms with van der Waals surface area (Å²) >= 11 is 3.53. The summed E-state index contributed by atoms with van der Waals surface area (Å²) in [7, 11) is 1.61. The maximum Gasteiger partial charge on any atom is 0.196 e. The van der Waals surface area contributed by atoms with Crippen LogP contribution in [0.25, 0.3) is 0 Å². The van der Waals surface area contributed by atoms with E-state index in [0.29, 0.717) is 16.9 Å². The predicted molar refractivity (Wildman–Crippen MR) is 89.5 cm³/mol. The Morgan fingerprint density at radius 3 is 2.10 bits per heavy atom. The molecule has 0 atom stereocenters. The smallest absolute Gasteiger partial charge is 0.196 e. The highest BCUT2D eigenvalue weighted by atomic mass is 79.9. The van der Waals surface area contributed by atoms with Crippen molar-refractivity contribution in [3.8, 4) is 5.75 Å². The van der Waals surface area contributed by atoms with Crippen molar-refractivity contribution in [1.29, 1.82) is 0 Å². The molecule has 0 unspecified atom stereocenters. The molecule has 0 spiro atoms. The second-order valence-electron chi connectivity index (χ2n) is 5.34. The van der Waals surface area contributed by atoms with Gasteiger partial charge < -0.3 is 4.74 Å². The lowest BCUT2D eigenvalue weighted by atomic mass is 9.96. The molecule has 2 nitrogen and oxygen atoms in total. The van der Waals surface area contributed by atoms with Gasteiger partial charge >= 0.3 is 0 Å². The van der Waals surface area contributed by atoms with Crippen LogP contribution in [0.5, 0.6) is 5.75 Å². The molecule has 2 aromatic carbocycles. The SMILES string of the molecule is COc1c(C(=O)c2cc(C)c(Br)c(C)c2)ccc(C)c1C. The van der Waals surface area contributed by atoms with Gasteiger partial charge in [0.15, 0.2) is 5.78 Å². The molecule has 0 N–H and O–H groups in total. The van der Waals surface area contributed by atoms with Gasteiger partial charge in [0.05, 0.1) is 12.7 Å². The highest BCUT2D eigenvalue weighted by molar-refractivity contribution is 9.10. The molecule has 0 bridgehead atoms. The van der Waals surface area contributed by atoms with Crippen LogP contribution >= 0.6 is 15.9 Å². The normalized spacial score (nSPS) is 10.6. The van der Waals surface area contributed by atoms with E-state index in [2.05, 4.69) is 15.9 Å². The second-order valence-corrected chi connectivity index (χ2v) is 6.13. The minimum absolute atomic E-state index is 0.00588. The zero-order valence-corrected chi connectivity index (χ0v) is 14.6. The summed E-state index contributed by atoms with van der Waals surface area (Å²) in [5.74, 6) is 0.659. The van der Waals surface area contributed by atoms with E-state index in [-0.39, 0.29) is 5.78 Å². The van der Waals surface area contributed by atoms with Crippen molar-refractivity contribution in [2.75, 3.05) is 7.11 Å². The van der Waals surface area contributed by atoms with Gasteiger partial charge in [-0.05, 0) is 68.1 Å². The third-order valence-electron chi connectivity index (χ3n) is 3.82. The first-order chi connectivity index (χ1) is 9.86. The fraction of sp³-hybridized carbons (Fsp3) is 0.278. The summed E-state index contributed by atoms with van der Waals surface area (Å²) in [6, 6.07) is 7.63. The van der Waals surface area contributed by atoms with Crippen LogP contribution in [0, 0.1) is 27.7 Å². The summed E-state index contributed by atoms with van der Waals surface area (Å²) in [5.41, 5.74) is 5.54. The van der Waals surface area contributed by atoms with Crippen molar-refractivity contribution >= 4 is 21.7 Å². The van der Waals surface area contributed by atoms with Crippen LogP contribution in [-0.4, -0.2) is 12.9 Å². The maximum atomic E-state index is 12.8. The lowest BCUT2D eigenvalue weighted by molar-refractivity contribution is 0.103. The van der Waals surface area contributed by atoms with E-state index in [0.717, 1.165) is 26.7 Å². The number of carbonyl (C=O) groups is 1. The molecule has 0 fully saturated rings. The molecular formula is C18H19BrO2. The van der Waals surface area contributed by atoms with Crippen molar-refractivity contribution < 1.29 is 9.53 Å². The van der Waals surface area contributed by atoms with Gasteiger partial charge in [-0.1, -0.05) is 22.0 Å². The Morgan fingerprint density at radius 2 is 1.57 bits per heavy atom. The molecule has 21 heavy (non-hydrogen) atoms. The Morgan fingerprint density at radius 1 is 1.00 bits per heavy atom. The molecular weight excluding hydrogens is 328 g/mol. The first-order valence-electron chi connectivity index (χ1n) is 6.82. The first kappa shape index (κ1) is 15.8. The number of rotatable bonds is 3. The van der Waals surface area contributed by atoms with Crippen molar-refractivity contribution in [2.45, 2.75) is 27.7 Å². The maximum absolute atomic E-state index is 12.8. The highest BCUT2D eigenvalue weighted by Crippen LogP contribution is 2.30. The number of benzene rings is 2. The molecule has 0 aliphatic heterocycles. The van der Waals surface area contributed by atoms with Gasteiger partial charge in [-0.15, -0.1) is 0 Å². The lowest BCUT2D eigenvalue weighted by Crippen LogP contribution is -2.07. The average molecular weight is 347 g/mol. The summed E-state index contributed by atoms with van der Waals surface area (Å²) in [4.78, 5) is 12.8. The molecule has 110 valence electrons. The van der Waals surface area contributed by atoms with Crippen molar-refractivity contribution in [3.63, 3.8) is 0 Å². The zero-order chi connectivity index (χ0) is 15.7. The van der Waals surface area contributed by atoms with Crippen LogP contribution in [0.1, 0.15) is 38.2 Å². The van der Waals surface area contributed by atoms with Gasteiger partial charge in [0.2, 0.25) is 0 Å². The van der Waals surface area contributed by atoms with Gasteiger partial charge in [0.25, 0.3) is 0 Å². The average Bonchev–Trinajstić information content (AvgIpc) is 2.46. The molecule has 0 aromatic heterocycles. The lowest BCUT2D eigenvalue weighted by Gasteiger charge is -2.14. The number of halogens is 1. The Labute approximate surface area is 134 Å². The molecule has 2 aromatic rings. The quantitative estimate of drug-likeness (QED) is 0.737. The summed E-state index contributed by atoms with van der Waals surface area (Å²) in [6.07, 6.45) is 0. The number of ketones is 1. The van der Waals surface area contributed by atoms with E-state index in [1.165, 1.54) is 0 Å². The van der Waals surface area contributed by atoms with Gasteiger partial charge in [0.1, 0.15) is 5.75 Å². The summed E-state index contributed by atoms with van der Waals surface area (Å²) in [6.45, 7) is 7.97. The molecule has 0 heterocycles. The second kappa shape index (κ2) is 6.02. The van der Waals surface area contributed by atoms with E-state index >= 15 is 0 Å². The Hall–Kier alpha value is -1.61. The largest absolute Gasteiger partial charge is 0.496 e. The number of ether oxygens (including phenoxy) is 1. The molecule has 0 aliphatic carbocycles. The first-order valence-corrected chi connectivity index (χ1v) is 7.61. The number of methoxy groups -OCH3 is 1. The van der Waals surface area contributed by atoms with Gasteiger partial charge in [0, 0.05) is 10.0 Å². The number of hydrogen-bond acceptors (Lipinski definition) is 2. The Kier molecular flexibility index (Phi) is 4.52. The van der Waals surface area contributed by atoms with Crippen LogP contribution < -0.4 is 4.74 Å². The number of aryl methyl sites for hydroxylation is 3. The van der Waals surface area contributed by atoms with E-state index in [1.54, 1.807) is 7.11 Å². The topological polar surface area (TPSA) is 26.3 Å². The van der Waals surface area contributed by atoms with Crippen molar-refractivity contribution in [2.24, 2.45) is 0 Å². The fourth-order valence-corrected chi connectivity index (χ4v) is 2.69. The monoisotopic (exact) mass is 346 g/mol. The number of carbonyl (C=O) groups excluding carboxylic acids is 1. The predicted octanol–water partition coefficient (Wildman–Crippen LogP) is 4.92. The van der Waals surface area contributed by atoms with E-state index in [4.69, 9.17) is 4.74 Å². The molecule has 0 saturated carbocycles. The third kappa shape index (κ3) is 2.88. The van der Waals surface area contributed by atoms with Crippen molar-refractivity contribution in [3.05, 3.63) is 62.1 Å². The van der Waals surface area contributed by atoms with Crippen LogP contribution in [-0.2, 0) is 0 Å². The summed E-state index contributed by atoms with van der Waals surface area (Å²) in [5, 5.41) is 0. The van der Waals surface area contributed by atoms with Crippen LogP contribution in [0.15, 0.2) is 28.7 Å². The molecule has 2 rings (SSSR count). The Bertz CT molecular complexity index is 694. The zero-order valence-electron chi connectivity index (χ0n) is 13.0. The van der Waals surface area contributed by atoms with Gasteiger partial charge in [-0.2, -0.15) is 0 Å². The molecule has 0 saturated heterocycles. The Balaban J connectivity index is 2.58. The highest BCUT2D eigenvalue weighted by Gasteiger charge is 2.18. The van der Waals surface area contributed by atoms with Gasteiger partial charge in [-0.25, -0.2) is 0 Å². The van der Waals surface area contributed by atoms with Crippen LogP contribution in [0.2, 0.25) is 0 Å². The fourth-order valence-electron chi connectivity index (χ4n) is 2.46. The third-order valence-corrected chi connectivity index (χ3v) is 5.07. The van der Waals surface area contributed by atoms with Crippen LogP contribution in [0.4, 0.5) is 0 Å². The van der Waals surface area contributed by atoms with Crippen LogP contribution in [0.3, 0.4) is 0 Å². The van der Waals surface area contributed by atoms with E-state index < -0.39 is 0 Å². The minimum atomic E-state index is -0.00588. The molecule has 0 aliphatic rings. The standard InChI is InChI=1S/C18H19BrO2/c1-10-6-7-15(18(21-5)13(10)4)17(20)14-8-11(2)16(19)12(3)9-14/h6-9H,1-5H3. The minimum Gasteiger partial charge on any atom is -0.496 e. The van der Waals surface area contributed by atoms with E-state index in [1.807, 2.05) is 52.0 Å². The number of hydrogen-bond donors (Lipinski definition) is 0. The molecule has 0 amide bonds. The molecule has 0 radical (unpaired) electrons. The van der Waals surface area contributed by atoms with E-state index in [9.17, 15) is 4.79 Å². The van der Waals surface area contributed by atoms with Crippen molar-refractivity contribution in [1.82, 2.24) is 0 Å².